The van der Waals surface area contributed by atoms with Crippen LogP contribution in [-0.2, 0) is 6.61 Å². The average molecular weight is 282 g/mol. The zero-order chi connectivity index (χ0) is 14.7. The summed E-state index contributed by atoms with van der Waals surface area (Å²) in [5, 5.41) is 8.77. The van der Waals surface area contributed by atoms with Crippen LogP contribution in [0.15, 0.2) is 36.4 Å². The first-order chi connectivity index (χ1) is 9.47. The van der Waals surface area contributed by atoms with E-state index in [1.54, 1.807) is 0 Å². The Kier molecular flexibility index (Phi) is 3.93. The highest BCUT2D eigenvalue weighted by atomic mass is 19.1. The summed E-state index contributed by atoms with van der Waals surface area (Å²) in [5.74, 6) is -4.05. The fourth-order valence-corrected chi connectivity index (χ4v) is 1.58. The minimum Gasteiger partial charge on any atom is -0.486 e. The quantitative estimate of drug-likeness (QED) is 0.935. The molecule has 1 N–H and O–H groups in total. The number of halogens is 3. The van der Waals surface area contributed by atoms with Crippen LogP contribution < -0.4 is 4.74 Å². The second kappa shape index (κ2) is 5.64. The van der Waals surface area contributed by atoms with E-state index < -0.39 is 29.0 Å². The van der Waals surface area contributed by atoms with Gasteiger partial charge in [0.15, 0.2) is 11.6 Å². The summed E-state index contributed by atoms with van der Waals surface area (Å²) in [5.41, 5.74) is -0.141. The summed E-state index contributed by atoms with van der Waals surface area (Å²) in [6.45, 7) is -0.164. The first-order valence-electron chi connectivity index (χ1n) is 5.57. The lowest BCUT2D eigenvalue weighted by Gasteiger charge is -2.08. The van der Waals surface area contributed by atoms with Crippen molar-refractivity contribution in [2.24, 2.45) is 0 Å². The molecule has 0 spiro atoms. The number of carbonyl (C=O) groups is 1. The highest BCUT2D eigenvalue weighted by Gasteiger charge is 2.11. The van der Waals surface area contributed by atoms with Crippen molar-refractivity contribution in [2.45, 2.75) is 6.61 Å². The van der Waals surface area contributed by atoms with E-state index in [-0.39, 0.29) is 12.4 Å². The Morgan fingerprint density at radius 1 is 1.05 bits per heavy atom. The van der Waals surface area contributed by atoms with Crippen LogP contribution in [0, 0.1) is 17.5 Å². The third-order valence-electron chi connectivity index (χ3n) is 2.55. The zero-order valence-electron chi connectivity index (χ0n) is 10.1. The topological polar surface area (TPSA) is 46.5 Å². The maximum Gasteiger partial charge on any atom is 0.338 e. The molecule has 2 rings (SSSR count). The molecule has 0 saturated carbocycles. The standard InChI is InChI=1S/C14H9F3O3/c15-9-2-4-13(12(17)6-9)20-7-8-1-3-11(16)10(5-8)14(18)19/h1-6H,7H2,(H,18,19). The van der Waals surface area contributed by atoms with Crippen molar-refractivity contribution in [3.05, 3.63) is 65.0 Å². The number of rotatable bonds is 4. The molecule has 0 fully saturated rings. The van der Waals surface area contributed by atoms with Crippen LogP contribution >= 0.6 is 0 Å². The lowest BCUT2D eigenvalue weighted by atomic mass is 10.1. The molecule has 20 heavy (non-hydrogen) atoms. The second-order valence-electron chi connectivity index (χ2n) is 3.98. The lowest BCUT2D eigenvalue weighted by Crippen LogP contribution is -2.04. The van der Waals surface area contributed by atoms with Gasteiger partial charge in [-0.05, 0) is 29.8 Å². The molecule has 2 aromatic carbocycles. The first-order valence-corrected chi connectivity index (χ1v) is 5.57. The van der Waals surface area contributed by atoms with Gasteiger partial charge in [-0.2, -0.15) is 0 Å². The number of aromatic carboxylic acids is 1. The SMILES string of the molecule is O=C(O)c1cc(COc2ccc(F)cc2F)ccc1F. The summed E-state index contributed by atoms with van der Waals surface area (Å²) >= 11 is 0. The van der Waals surface area contributed by atoms with Crippen LogP contribution in [0.2, 0.25) is 0 Å². The summed E-state index contributed by atoms with van der Waals surface area (Å²) in [6.07, 6.45) is 0. The second-order valence-corrected chi connectivity index (χ2v) is 3.98. The number of carboxylic acids is 1. The van der Waals surface area contributed by atoms with E-state index in [9.17, 15) is 18.0 Å². The normalized spacial score (nSPS) is 10.3. The molecule has 0 unspecified atom stereocenters. The Morgan fingerprint density at radius 3 is 2.45 bits per heavy atom. The Hall–Kier alpha value is -2.50. The van der Waals surface area contributed by atoms with E-state index >= 15 is 0 Å². The third-order valence-corrected chi connectivity index (χ3v) is 2.55. The molecule has 0 radical (unpaired) electrons. The van der Waals surface area contributed by atoms with Crippen molar-refractivity contribution in [1.29, 1.82) is 0 Å². The van der Waals surface area contributed by atoms with Gasteiger partial charge in [-0.1, -0.05) is 6.07 Å². The van der Waals surface area contributed by atoms with Crippen molar-refractivity contribution in [3.63, 3.8) is 0 Å². The van der Waals surface area contributed by atoms with Gasteiger partial charge < -0.3 is 9.84 Å². The Bertz CT molecular complexity index is 656. The van der Waals surface area contributed by atoms with Crippen molar-refractivity contribution in [1.82, 2.24) is 0 Å². The van der Waals surface area contributed by atoms with Gasteiger partial charge in [0, 0.05) is 6.07 Å². The molecule has 104 valence electrons. The predicted molar refractivity (Wildman–Crippen MR) is 64.0 cm³/mol. The van der Waals surface area contributed by atoms with Crippen LogP contribution in [0.4, 0.5) is 13.2 Å². The van der Waals surface area contributed by atoms with E-state index in [1.807, 2.05) is 0 Å². The minimum absolute atomic E-state index is 0.164. The van der Waals surface area contributed by atoms with Crippen molar-refractivity contribution in [3.8, 4) is 5.75 Å². The van der Waals surface area contributed by atoms with Gasteiger partial charge >= 0.3 is 5.97 Å². The Labute approximate surface area is 112 Å². The molecule has 0 heterocycles. The van der Waals surface area contributed by atoms with Gasteiger partial charge in [-0.3, -0.25) is 0 Å². The molecule has 0 aromatic heterocycles. The van der Waals surface area contributed by atoms with E-state index in [1.165, 1.54) is 6.07 Å². The number of hydrogen-bond donors (Lipinski definition) is 1. The molecule has 0 saturated heterocycles. The molecule has 0 aliphatic rings. The van der Waals surface area contributed by atoms with Gasteiger partial charge in [0.2, 0.25) is 0 Å². The molecule has 0 bridgehead atoms. The molecule has 2 aromatic rings. The van der Waals surface area contributed by atoms with Crippen LogP contribution in [0.25, 0.3) is 0 Å². The van der Waals surface area contributed by atoms with Crippen LogP contribution in [0.1, 0.15) is 15.9 Å². The van der Waals surface area contributed by atoms with Gasteiger partial charge in [0.1, 0.15) is 18.2 Å². The number of ether oxygens (including phenoxy) is 1. The molecule has 0 aliphatic carbocycles. The minimum atomic E-state index is -1.41. The van der Waals surface area contributed by atoms with Gasteiger partial charge in [-0.15, -0.1) is 0 Å². The predicted octanol–water partition coefficient (Wildman–Crippen LogP) is 3.38. The highest BCUT2D eigenvalue weighted by Crippen LogP contribution is 2.19. The molecule has 6 heteroatoms. The van der Waals surface area contributed by atoms with Crippen LogP contribution in [0.5, 0.6) is 5.75 Å². The lowest BCUT2D eigenvalue weighted by molar-refractivity contribution is 0.0691. The number of carboxylic acid groups (broad SMARTS) is 1. The van der Waals surface area contributed by atoms with Crippen molar-refractivity contribution in [2.75, 3.05) is 0 Å². The number of benzene rings is 2. The third kappa shape index (κ3) is 3.09. The van der Waals surface area contributed by atoms with E-state index in [0.29, 0.717) is 11.6 Å². The molecular weight excluding hydrogens is 273 g/mol. The molecule has 0 aliphatic heterocycles. The average Bonchev–Trinajstić information content (AvgIpc) is 2.39. The molecule has 0 amide bonds. The summed E-state index contributed by atoms with van der Waals surface area (Å²) in [7, 11) is 0. The summed E-state index contributed by atoms with van der Waals surface area (Å²) in [4.78, 5) is 10.8. The largest absolute Gasteiger partial charge is 0.486 e. The monoisotopic (exact) mass is 282 g/mol. The Morgan fingerprint density at radius 2 is 1.80 bits per heavy atom. The molecule has 3 nitrogen and oxygen atoms in total. The summed E-state index contributed by atoms with van der Waals surface area (Å²) in [6, 6.07) is 6.23. The zero-order valence-corrected chi connectivity index (χ0v) is 10.1. The maximum atomic E-state index is 13.3. The van der Waals surface area contributed by atoms with E-state index in [4.69, 9.17) is 9.84 Å². The van der Waals surface area contributed by atoms with Gasteiger partial charge in [0.05, 0.1) is 5.56 Å². The van der Waals surface area contributed by atoms with Crippen LogP contribution in [-0.4, -0.2) is 11.1 Å². The highest BCUT2D eigenvalue weighted by molar-refractivity contribution is 5.88. The van der Waals surface area contributed by atoms with E-state index in [2.05, 4.69) is 0 Å². The van der Waals surface area contributed by atoms with Crippen molar-refractivity contribution < 1.29 is 27.8 Å². The fraction of sp³-hybridized carbons (Fsp3) is 0.0714. The molecular formula is C14H9F3O3. The maximum absolute atomic E-state index is 13.3. The Balaban J connectivity index is 2.15. The van der Waals surface area contributed by atoms with E-state index in [0.717, 1.165) is 24.3 Å². The van der Waals surface area contributed by atoms with Crippen LogP contribution in [0.3, 0.4) is 0 Å². The first kappa shape index (κ1) is 13.9. The smallest absolute Gasteiger partial charge is 0.338 e. The van der Waals surface area contributed by atoms with Crippen molar-refractivity contribution >= 4 is 5.97 Å². The van der Waals surface area contributed by atoms with Gasteiger partial charge in [0.25, 0.3) is 0 Å². The summed E-state index contributed by atoms with van der Waals surface area (Å²) < 4.78 is 44.3. The van der Waals surface area contributed by atoms with Gasteiger partial charge in [-0.25, -0.2) is 18.0 Å². The molecule has 0 atom stereocenters. The number of hydrogen-bond acceptors (Lipinski definition) is 2. The fourth-order valence-electron chi connectivity index (χ4n) is 1.58.